The molecule has 2 rings (SSSR count). The Kier molecular flexibility index (Phi) is 4.27. The number of nitrogens with zero attached hydrogens (tertiary/aromatic N) is 3. The van der Waals surface area contributed by atoms with E-state index in [1.807, 2.05) is 13.8 Å². The summed E-state index contributed by atoms with van der Waals surface area (Å²) in [4.78, 5) is 11.7. The molecule has 1 aromatic heterocycles. The minimum atomic E-state index is 0.0670. The van der Waals surface area contributed by atoms with Crippen molar-refractivity contribution < 1.29 is 4.79 Å². The third-order valence-corrected chi connectivity index (χ3v) is 4.04. The third kappa shape index (κ3) is 3.25. The van der Waals surface area contributed by atoms with Crippen molar-refractivity contribution in [3.8, 4) is 0 Å². The first-order valence-electron chi connectivity index (χ1n) is 6.45. The van der Waals surface area contributed by atoms with Crippen LogP contribution in [0.2, 0.25) is 0 Å². The SMILES string of the molecule is CC[C@@H](C)NC(=O)CSc1nnc(C)n1C1CC1. The van der Waals surface area contributed by atoms with Crippen molar-refractivity contribution in [3.63, 3.8) is 0 Å². The van der Waals surface area contributed by atoms with Crippen LogP contribution >= 0.6 is 11.8 Å². The molecule has 5 nitrogen and oxygen atoms in total. The fraction of sp³-hybridized carbons (Fsp3) is 0.750. The van der Waals surface area contributed by atoms with Crippen LogP contribution in [-0.4, -0.2) is 32.5 Å². The van der Waals surface area contributed by atoms with Gasteiger partial charge in [0.25, 0.3) is 0 Å². The van der Waals surface area contributed by atoms with Gasteiger partial charge in [-0.15, -0.1) is 10.2 Å². The van der Waals surface area contributed by atoms with Crippen molar-refractivity contribution in [2.75, 3.05) is 5.75 Å². The summed E-state index contributed by atoms with van der Waals surface area (Å²) in [5, 5.41) is 12.1. The van der Waals surface area contributed by atoms with E-state index >= 15 is 0 Å². The molecular weight excluding hydrogens is 248 g/mol. The van der Waals surface area contributed by atoms with Gasteiger partial charge in [-0.25, -0.2) is 0 Å². The van der Waals surface area contributed by atoms with E-state index in [2.05, 4.69) is 27.0 Å². The van der Waals surface area contributed by atoms with Crippen molar-refractivity contribution in [3.05, 3.63) is 5.82 Å². The second-order valence-corrected chi connectivity index (χ2v) is 5.74. The molecule has 0 unspecified atom stereocenters. The van der Waals surface area contributed by atoms with Crippen LogP contribution < -0.4 is 5.32 Å². The number of carbonyl (C=O) groups excluding carboxylic acids is 1. The zero-order valence-corrected chi connectivity index (χ0v) is 12.0. The van der Waals surface area contributed by atoms with Gasteiger partial charge in [0.1, 0.15) is 5.82 Å². The molecular formula is C12H20N4OS. The van der Waals surface area contributed by atoms with Gasteiger partial charge in [-0.05, 0) is 33.1 Å². The molecule has 1 atom stereocenters. The van der Waals surface area contributed by atoms with Gasteiger partial charge >= 0.3 is 0 Å². The number of amides is 1. The molecule has 1 aromatic rings. The molecule has 18 heavy (non-hydrogen) atoms. The van der Waals surface area contributed by atoms with Crippen molar-refractivity contribution in [1.82, 2.24) is 20.1 Å². The van der Waals surface area contributed by atoms with Crippen LogP contribution in [-0.2, 0) is 4.79 Å². The smallest absolute Gasteiger partial charge is 0.230 e. The van der Waals surface area contributed by atoms with Crippen molar-refractivity contribution in [1.29, 1.82) is 0 Å². The Labute approximate surface area is 112 Å². The molecule has 0 aliphatic heterocycles. The van der Waals surface area contributed by atoms with E-state index in [-0.39, 0.29) is 11.9 Å². The minimum Gasteiger partial charge on any atom is -0.353 e. The molecule has 1 fully saturated rings. The largest absolute Gasteiger partial charge is 0.353 e. The van der Waals surface area contributed by atoms with Gasteiger partial charge in [-0.1, -0.05) is 18.7 Å². The average molecular weight is 268 g/mol. The van der Waals surface area contributed by atoms with Crippen LogP contribution in [0.3, 0.4) is 0 Å². The summed E-state index contributed by atoms with van der Waals surface area (Å²) in [6.07, 6.45) is 3.35. The summed E-state index contributed by atoms with van der Waals surface area (Å²) in [6.45, 7) is 6.04. The van der Waals surface area contributed by atoms with E-state index < -0.39 is 0 Å². The van der Waals surface area contributed by atoms with Crippen LogP contribution in [0.25, 0.3) is 0 Å². The van der Waals surface area contributed by atoms with E-state index in [1.165, 1.54) is 24.6 Å². The van der Waals surface area contributed by atoms with Crippen LogP contribution in [0.15, 0.2) is 5.16 Å². The fourth-order valence-corrected chi connectivity index (χ4v) is 2.61. The zero-order valence-electron chi connectivity index (χ0n) is 11.1. The number of rotatable bonds is 6. The van der Waals surface area contributed by atoms with Crippen LogP contribution in [0, 0.1) is 6.92 Å². The first kappa shape index (κ1) is 13.4. The Balaban J connectivity index is 1.88. The summed E-state index contributed by atoms with van der Waals surface area (Å²) in [6, 6.07) is 0.793. The summed E-state index contributed by atoms with van der Waals surface area (Å²) in [5.41, 5.74) is 0. The molecule has 1 heterocycles. The number of nitrogens with one attached hydrogen (secondary N) is 1. The number of hydrogen-bond donors (Lipinski definition) is 1. The molecule has 1 aliphatic rings. The predicted octanol–water partition coefficient (Wildman–Crippen LogP) is 1.93. The fourth-order valence-electron chi connectivity index (χ4n) is 1.75. The highest BCUT2D eigenvalue weighted by Gasteiger charge is 2.28. The zero-order chi connectivity index (χ0) is 13.1. The van der Waals surface area contributed by atoms with Gasteiger partial charge < -0.3 is 9.88 Å². The highest BCUT2D eigenvalue weighted by Crippen LogP contribution is 2.38. The number of aromatic nitrogens is 3. The maximum atomic E-state index is 11.7. The Morgan fingerprint density at radius 1 is 1.56 bits per heavy atom. The maximum Gasteiger partial charge on any atom is 0.230 e. The average Bonchev–Trinajstić information content (AvgIpc) is 3.11. The highest BCUT2D eigenvalue weighted by atomic mass is 32.2. The summed E-state index contributed by atoms with van der Waals surface area (Å²) in [5.74, 6) is 1.43. The molecule has 1 saturated carbocycles. The maximum absolute atomic E-state index is 11.7. The highest BCUT2D eigenvalue weighted by molar-refractivity contribution is 7.99. The van der Waals surface area contributed by atoms with Gasteiger partial charge in [0.15, 0.2) is 5.16 Å². The second-order valence-electron chi connectivity index (χ2n) is 4.80. The van der Waals surface area contributed by atoms with Crippen molar-refractivity contribution in [2.24, 2.45) is 0 Å². The normalized spacial score (nSPS) is 16.6. The van der Waals surface area contributed by atoms with Gasteiger partial charge in [-0.2, -0.15) is 0 Å². The van der Waals surface area contributed by atoms with Crippen molar-refractivity contribution in [2.45, 2.75) is 57.3 Å². The summed E-state index contributed by atoms with van der Waals surface area (Å²) < 4.78 is 2.15. The van der Waals surface area contributed by atoms with E-state index in [1.54, 1.807) is 0 Å². The number of thioether (sulfide) groups is 1. The van der Waals surface area contributed by atoms with E-state index in [0.717, 1.165) is 17.4 Å². The molecule has 0 bridgehead atoms. The molecule has 1 amide bonds. The third-order valence-electron chi connectivity index (χ3n) is 3.10. The van der Waals surface area contributed by atoms with Gasteiger partial charge in [0, 0.05) is 12.1 Å². The summed E-state index contributed by atoms with van der Waals surface area (Å²) in [7, 11) is 0. The molecule has 0 aromatic carbocycles. The number of hydrogen-bond acceptors (Lipinski definition) is 4. The Hall–Kier alpha value is -1.04. The molecule has 0 radical (unpaired) electrons. The molecule has 0 spiro atoms. The second kappa shape index (κ2) is 5.73. The molecule has 100 valence electrons. The lowest BCUT2D eigenvalue weighted by molar-refractivity contribution is -0.119. The topological polar surface area (TPSA) is 59.8 Å². The first-order valence-corrected chi connectivity index (χ1v) is 7.44. The number of aryl methyl sites for hydroxylation is 1. The van der Waals surface area contributed by atoms with E-state index in [4.69, 9.17) is 0 Å². The standard InChI is InChI=1S/C12H20N4OS/c1-4-8(2)13-11(17)7-18-12-15-14-9(3)16(12)10-5-6-10/h8,10H,4-7H2,1-3H3,(H,13,17)/t8-/m1/s1. The Bertz CT molecular complexity index is 428. The van der Waals surface area contributed by atoms with Crippen LogP contribution in [0.4, 0.5) is 0 Å². The van der Waals surface area contributed by atoms with Gasteiger partial charge in [0.05, 0.1) is 5.75 Å². The lowest BCUT2D eigenvalue weighted by atomic mass is 10.3. The monoisotopic (exact) mass is 268 g/mol. The van der Waals surface area contributed by atoms with Crippen molar-refractivity contribution >= 4 is 17.7 Å². The van der Waals surface area contributed by atoms with Gasteiger partial charge in [-0.3, -0.25) is 4.79 Å². The van der Waals surface area contributed by atoms with E-state index in [0.29, 0.717) is 11.8 Å². The molecule has 6 heteroatoms. The predicted molar refractivity (Wildman–Crippen MR) is 71.6 cm³/mol. The first-order chi connectivity index (χ1) is 8.61. The van der Waals surface area contributed by atoms with Gasteiger partial charge in [0.2, 0.25) is 5.91 Å². The lowest BCUT2D eigenvalue weighted by Gasteiger charge is -2.11. The lowest BCUT2D eigenvalue weighted by Crippen LogP contribution is -2.33. The molecule has 0 saturated heterocycles. The quantitative estimate of drug-likeness (QED) is 0.801. The Morgan fingerprint density at radius 2 is 2.28 bits per heavy atom. The van der Waals surface area contributed by atoms with Crippen LogP contribution in [0.1, 0.15) is 45.0 Å². The van der Waals surface area contributed by atoms with E-state index in [9.17, 15) is 4.79 Å². The number of carbonyl (C=O) groups is 1. The molecule has 1 aliphatic carbocycles. The Morgan fingerprint density at radius 3 is 2.89 bits per heavy atom. The van der Waals surface area contributed by atoms with Crippen LogP contribution in [0.5, 0.6) is 0 Å². The molecule has 1 N–H and O–H groups in total. The minimum absolute atomic E-state index is 0.0670. The summed E-state index contributed by atoms with van der Waals surface area (Å²) >= 11 is 1.47.